The number of hydrogen-bond acceptors (Lipinski definition) is 6. The van der Waals surface area contributed by atoms with E-state index >= 15 is 0 Å². The molecule has 112 valence electrons. The maximum Gasteiger partial charge on any atom is 0.230 e. The molecule has 0 saturated carbocycles. The molecule has 0 fully saturated rings. The summed E-state index contributed by atoms with van der Waals surface area (Å²) in [5.74, 6) is 1.29. The average Bonchev–Trinajstić information content (AvgIpc) is 2.82. The first-order chi connectivity index (χ1) is 10.2. The number of thioether (sulfide) groups is 1. The number of hydrogen-bond donors (Lipinski definition) is 2. The van der Waals surface area contributed by atoms with Crippen LogP contribution in [0, 0.1) is 0 Å². The zero-order chi connectivity index (χ0) is 15.1. The second-order valence-corrected chi connectivity index (χ2v) is 5.14. The van der Waals surface area contributed by atoms with E-state index in [2.05, 4.69) is 15.5 Å². The van der Waals surface area contributed by atoms with Crippen LogP contribution in [-0.4, -0.2) is 39.6 Å². The van der Waals surface area contributed by atoms with Crippen molar-refractivity contribution in [1.82, 2.24) is 20.1 Å². The molecule has 0 aliphatic rings. The van der Waals surface area contributed by atoms with Gasteiger partial charge in [-0.05, 0) is 12.1 Å². The molecule has 1 aromatic carbocycles. The number of nitrogens with two attached hydrogens (primary N) is 1. The molecule has 1 aromatic heterocycles. The van der Waals surface area contributed by atoms with Crippen LogP contribution >= 0.6 is 11.8 Å². The number of rotatable bonds is 7. The van der Waals surface area contributed by atoms with Gasteiger partial charge >= 0.3 is 0 Å². The van der Waals surface area contributed by atoms with Crippen LogP contribution in [-0.2, 0) is 11.8 Å². The molecule has 0 bridgehead atoms. The highest BCUT2D eigenvalue weighted by Crippen LogP contribution is 2.15. The van der Waals surface area contributed by atoms with Crippen LogP contribution in [0.2, 0.25) is 0 Å². The Morgan fingerprint density at radius 3 is 2.81 bits per heavy atom. The largest absolute Gasteiger partial charge is 0.492 e. The van der Waals surface area contributed by atoms with Gasteiger partial charge in [0.15, 0.2) is 5.16 Å². The van der Waals surface area contributed by atoms with Gasteiger partial charge in [0.25, 0.3) is 0 Å². The fraction of sp³-hybridized carbons (Fsp3) is 0.308. The maximum absolute atomic E-state index is 11.7. The minimum absolute atomic E-state index is 0.0850. The van der Waals surface area contributed by atoms with Gasteiger partial charge in [0.2, 0.25) is 11.9 Å². The van der Waals surface area contributed by atoms with E-state index in [-0.39, 0.29) is 11.7 Å². The number of aromatic nitrogens is 3. The Hall–Kier alpha value is -2.22. The monoisotopic (exact) mass is 307 g/mol. The Morgan fingerprint density at radius 2 is 2.14 bits per heavy atom. The molecule has 1 heterocycles. The average molecular weight is 307 g/mol. The Kier molecular flexibility index (Phi) is 5.44. The third kappa shape index (κ3) is 4.67. The normalized spacial score (nSPS) is 10.3. The molecule has 0 spiro atoms. The molecule has 0 aliphatic carbocycles. The first kappa shape index (κ1) is 15.2. The molecule has 3 N–H and O–H groups in total. The molecule has 0 radical (unpaired) electrons. The van der Waals surface area contributed by atoms with Gasteiger partial charge in [0, 0.05) is 7.05 Å². The number of benzene rings is 1. The van der Waals surface area contributed by atoms with Crippen molar-refractivity contribution in [3.05, 3.63) is 30.3 Å². The summed E-state index contributed by atoms with van der Waals surface area (Å²) in [5, 5.41) is 11.0. The van der Waals surface area contributed by atoms with E-state index < -0.39 is 0 Å². The van der Waals surface area contributed by atoms with Crippen LogP contribution in [0.1, 0.15) is 0 Å². The molecule has 0 aliphatic heterocycles. The Balaban J connectivity index is 1.63. The van der Waals surface area contributed by atoms with E-state index in [1.54, 1.807) is 11.6 Å². The lowest BCUT2D eigenvalue weighted by molar-refractivity contribution is -0.118. The minimum Gasteiger partial charge on any atom is -0.492 e. The Morgan fingerprint density at radius 1 is 1.38 bits per heavy atom. The number of nitrogens with one attached hydrogen (secondary N) is 1. The van der Waals surface area contributed by atoms with Gasteiger partial charge in [0.05, 0.1) is 12.3 Å². The molecular formula is C13H17N5O2S. The van der Waals surface area contributed by atoms with Crippen molar-refractivity contribution >= 4 is 23.6 Å². The number of para-hydroxylation sites is 1. The van der Waals surface area contributed by atoms with E-state index in [0.29, 0.717) is 24.3 Å². The van der Waals surface area contributed by atoms with Gasteiger partial charge in [-0.25, -0.2) is 0 Å². The van der Waals surface area contributed by atoms with Crippen molar-refractivity contribution in [3.63, 3.8) is 0 Å². The maximum atomic E-state index is 11.7. The van der Waals surface area contributed by atoms with E-state index in [1.807, 2.05) is 30.3 Å². The molecular weight excluding hydrogens is 290 g/mol. The van der Waals surface area contributed by atoms with Crippen molar-refractivity contribution in [2.45, 2.75) is 5.16 Å². The number of nitrogen functional groups attached to an aromatic ring is 1. The highest BCUT2D eigenvalue weighted by molar-refractivity contribution is 7.99. The van der Waals surface area contributed by atoms with Crippen molar-refractivity contribution < 1.29 is 9.53 Å². The number of amides is 1. The highest BCUT2D eigenvalue weighted by Gasteiger charge is 2.09. The van der Waals surface area contributed by atoms with Crippen molar-refractivity contribution in [2.24, 2.45) is 7.05 Å². The van der Waals surface area contributed by atoms with Crippen LogP contribution in [0.15, 0.2) is 35.5 Å². The zero-order valence-electron chi connectivity index (χ0n) is 11.7. The van der Waals surface area contributed by atoms with Crippen molar-refractivity contribution in [1.29, 1.82) is 0 Å². The lowest BCUT2D eigenvalue weighted by Gasteiger charge is -2.07. The number of carbonyl (C=O) groups excluding carboxylic acids is 1. The molecule has 2 aromatic rings. The number of nitrogens with zero attached hydrogens (tertiary/aromatic N) is 3. The van der Waals surface area contributed by atoms with E-state index in [1.165, 1.54) is 11.8 Å². The molecule has 8 heteroatoms. The zero-order valence-corrected chi connectivity index (χ0v) is 12.5. The molecule has 0 saturated heterocycles. The predicted molar refractivity (Wildman–Crippen MR) is 81.1 cm³/mol. The van der Waals surface area contributed by atoms with Crippen LogP contribution in [0.3, 0.4) is 0 Å². The van der Waals surface area contributed by atoms with Gasteiger partial charge in [-0.1, -0.05) is 30.0 Å². The van der Waals surface area contributed by atoms with Crippen LogP contribution < -0.4 is 15.8 Å². The quantitative estimate of drug-likeness (QED) is 0.577. The molecule has 0 atom stereocenters. The van der Waals surface area contributed by atoms with Gasteiger partial charge in [-0.15, -0.1) is 10.2 Å². The van der Waals surface area contributed by atoms with Crippen LogP contribution in [0.25, 0.3) is 0 Å². The van der Waals surface area contributed by atoms with Gasteiger partial charge in [0.1, 0.15) is 12.4 Å². The summed E-state index contributed by atoms with van der Waals surface area (Å²) in [6, 6.07) is 9.46. The Bertz CT molecular complexity index is 588. The number of carbonyl (C=O) groups is 1. The third-order valence-corrected chi connectivity index (χ3v) is 3.66. The molecule has 21 heavy (non-hydrogen) atoms. The summed E-state index contributed by atoms with van der Waals surface area (Å²) in [6.45, 7) is 0.882. The predicted octanol–water partition coefficient (Wildman–Crippen LogP) is 0.685. The van der Waals surface area contributed by atoms with Gasteiger partial charge in [-0.3, -0.25) is 9.36 Å². The minimum atomic E-state index is -0.0850. The fourth-order valence-corrected chi connectivity index (χ4v) is 2.26. The lowest BCUT2D eigenvalue weighted by Crippen LogP contribution is -2.29. The first-order valence-electron chi connectivity index (χ1n) is 6.39. The lowest BCUT2D eigenvalue weighted by atomic mass is 10.3. The van der Waals surface area contributed by atoms with E-state index in [9.17, 15) is 4.79 Å². The summed E-state index contributed by atoms with van der Waals surface area (Å²) >= 11 is 1.29. The summed E-state index contributed by atoms with van der Waals surface area (Å²) < 4.78 is 7.11. The summed E-state index contributed by atoms with van der Waals surface area (Å²) in [5.41, 5.74) is 5.56. The number of anilines is 1. The van der Waals surface area contributed by atoms with E-state index in [0.717, 1.165) is 5.75 Å². The SMILES string of the molecule is Cn1c(N)nnc1SCC(=O)NCCOc1ccccc1. The summed E-state index contributed by atoms with van der Waals surface area (Å²) in [7, 11) is 1.75. The Labute approximate surface area is 126 Å². The summed E-state index contributed by atoms with van der Waals surface area (Å²) in [6.07, 6.45) is 0. The fourth-order valence-electron chi connectivity index (χ4n) is 1.51. The van der Waals surface area contributed by atoms with Gasteiger partial charge < -0.3 is 15.8 Å². The molecule has 1 amide bonds. The third-order valence-electron chi connectivity index (χ3n) is 2.64. The van der Waals surface area contributed by atoms with Crippen LogP contribution in [0.5, 0.6) is 5.75 Å². The second-order valence-electron chi connectivity index (χ2n) is 4.20. The van der Waals surface area contributed by atoms with Crippen molar-refractivity contribution in [2.75, 3.05) is 24.6 Å². The molecule has 0 unspecified atom stereocenters. The smallest absolute Gasteiger partial charge is 0.230 e. The topological polar surface area (TPSA) is 95.1 Å². The summed E-state index contributed by atoms with van der Waals surface area (Å²) in [4.78, 5) is 11.7. The molecule has 7 nitrogen and oxygen atoms in total. The second kappa shape index (κ2) is 7.53. The van der Waals surface area contributed by atoms with E-state index in [4.69, 9.17) is 10.5 Å². The number of ether oxygens (including phenoxy) is 1. The van der Waals surface area contributed by atoms with Crippen molar-refractivity contribution in [3.8, 4) is 5.75 Å². The van der Waals surface area contributed by atoms with Crippen LogP contribution in [0.4, 0.5) is 5.95 Å². The first-order valence-corrected chi connectivity index (χ1v) is 7.37. The van der Waals surface area contributed by atoms with Gasteiger partial charge in [-0.2, -0.15) is 0 Å². The highest BCUT2D eigenvalue weighted by atomic mass is 32.2. The standard InChI is InChI=1S/C13H17N5O2S/c1-18-12(14)16-17-13(18)21-9-11(19)15-7-8-20-10-5-3-2-4-6-10/h2-6H,7-9H2,1H3,(H2,14,16)(H,15,19). The molecule has 2 rings (SSSR count).